The third-order valence-electron chi connectivity index (χ3n) is 3.68. The first kappa shape index (κ1) is 12.4. The third-order valence-corrected chi connectivity index (χ3v) is 5.02. The quantitative estimate of drug-likeness (QED) is 0.909. The smallest absolute Gasteiger partial charge is 0.345 e. The number of carbonyl (C=O) groups is 1. The Kier molecular flexibility index (Phi) is 3.11. The number of rotatable bonds is 2. The molecule has 0 amide bonds. The molecule has 0 saturated carbocycles. The standard InChI is InChI=1S/C15H15NO2S/c1-9-8-12(15(17)18)19-14(9)11-6-2-4-10-5-3-7-16-13(10)11/h3,5,7-8,11H,2,4,6H2,1H3,(H,17,18). The lowest BCUT2D eigenvalue weighted by Gasteiger charge is -2.24. The first-order valence-electron chi connectivity index (χ1n) is 6.44. The Morgan fingerprint density at radius 3 is 3.11 bits per heavy atom. The monoisotopic (exact) mass is 273 g/mol. The van der Waals surface area contributed by atoms with E-state index in [4.69, 9.17) is 5.11 Å². The van der Waals surface area contributed by atoms with Gasteiger partial charge in [-0.25, -0.2) is 4.79 Å². The lowest BCUT2D eigenvalue weighted by Crippen LogP contribution is -2.12. The number of aromatic carboxylic acids is 1. The highest BCUT2D eigenvalue weighted by molar-refractivity contribution is 7.14. The largest absolute Gasteiger partial charge is 0.477 e. The number of hydrogen-bond acceptors (Lipinski definition) is 3. The molecule has 1 N–H and O–H groups in total. The second-order valence-electron chi connectivity index (χ2n) is 4.96. The van der Waals surface area contributed by atoms with Gasteiger partial charge in [0.2, 0.25) is 0 Å². The van der Waals surface area contributed by atoms with E-state index >= 15 is 0 Å². The van der Waals surface area contributed by atoms with E-state index < -0.39 is 5.97 Å². The first-order chi connectivity index (χ1) is 9.16. The molecule has 1 aliphatic carbocycles. The van der Waals surface area contributed by atoms with E-state index in [1.54, 1.807) is 6.07 Å². The molecular formula is C15H15NO2S. The molecule has 4 heteroatoms. The fraction of sp³-hybridized carbons (Fsp3) is 0.333. The van der Waals surface area contributed by atoms with Crippen LogP contribution in [0.5, 0.6) is 0 Å². The number of pyridine rings is 1. The zero-order chi connectivity index (χ0) is 13.4. The minimum Gasteiger partial charge on any atom is -0.477 e. The summed E-state index contributed by atoms with van der Waals surface area (Å²) in [5.41, 5.74) is 3.52. The van der Waals surface area contributed by atoms with Crippen LogP contribution < -0.4 is 0 Å². The van der Waals surface area contributed by atoms with Crippen molar-refractivity contribution in [3.8, 4) is 0 Å². The van der Waals surface area contributed by atoms with Crippen LogP contribution in [-0.2, 0) is 6.42 Å². The van der Waals surface area contributed by atoms with E-state index in [1.165, 1.54) is 16.9 Å². The van der Waals surface area contributed by atoms with Gasteiger partial charge in [0, 0.05) is 17.0 Å². The van der Waals surface area contributed by atoms with Crippen molar-refractivity contribution in [2.24, 2.45) is 0 Å². The van der Waals surface area contributed by atoms with E-state index in [0.29, 0.717) is 4.88 Å². The minimum absolute atomic E-state index is 0.267. The molecule has 0 fully saturated rings. The van der Waals surface area contributed by atoms with Crippen LogP contribution in [0.25, 0.3) is 0 Å². The van der Waals surface area contributed by atoms with Crippen molar-refractivity contribution in [1.82, 2.24) is 4.98 Å². The molecule has 1 atom stereocenters. The molecule has 0 radical (unpaired) electrons. The molecule has 19 heavy (non-hydrogen) atoms. The zero-order valence-electron chi connectivity index (χ0n) is 10.7. The van der Waals surface area contributed by atoms with Gasteiger partial charge in [0.05, 0.1) is 5.69 Å². The summed E-state index contributed by atoms with van der Waals surface area (Å²) in [6, 6.07) is 5.89. The summed E-state index contributed by atoms with van der Waals surface area (Å²) in [4.78, 5) is 17.2. The summed E-state index contributed by atoms with van der Waals surface area (Å²) >= 11 is 1.40. The van der Waals surface area contributed by atoms with Gasteiger partial charge in [0.15, 0.2) is 0 Å². The number of fused-ring (bicyclic) bond motifs is 1. The molecule has 0 spiro atoms. The highest BCUT2D eigenvalue weighted by atomic mass is 32.1. The van der Waals surface area contributed by atoms with Crippen LogP contribution in [0, 0.1) is 6.92 Å². The summed E-state index contributed by atoms with van der Waals surface area (Å²) in [6.07, 6.45) is 5.11. The van der Waals surface area contributed by atoms with E-state index in [2.05, 4.69) is 11.1 Å². The number of aryl methyl sites for hydroxylation is 2. The topological polar surface area (TPSA) is 50.2 Å². The van der Waals surface area contributed by atoms with Crippen molar-refractivity contribution in [2.45, 2.75) is 32.1 Å². The van der Waals surface area contributed by atoms with Gasteiger partial charge in [-0.15, -0.1) is 11.3 Å². The summed E-state index contributed by atoms with van der Waals surface area (Å²) in [5.74, 6) is -0.570. The Bertz CT molecular complexity index is 633. The molecule has 3 nitrogen and oxygen atoms in total. The van der Waals surface area contributed by atoms with Gasteiger partial charge in [-0.3, -0.25) is 4.98 Å². The summed E-state index contributed by atoms with van der Waals surface area (Å²) in [6.45, 7) is 2.00. The van der Waals surface area contributed by atoms with Crippen LogP contribution >= 0.6 is 11.3 Å². The van der Waals surface area contributed by atoms with E-state index in [0.717, 1.165) is 35.4 Å². The summed E-state index contributed by atoms with van der Waals surface area (Å²) in [5, 5.41) is 9.11. The zero-order valence-corrected chi connectivity index (χ0v) is 11.5. The molecule has 0 aliphatic heterocycles. The number of aromatic nitrogens is 1. The number of thiophene rings is 1. The third kappa shape index (κ3) is 2.16. The molecule has 2 aromatic heterocycles. The Labute approximate surface area is 115 Å². The van der Waals surface area contributed by atoms with Gasteiger partial charge in [0.1, 0.15) is 4.88 Å². The minimum atomic E-state index is -0.837. The second kappa shape index (κ2) is 4.78. The maximum Gasteiger partial charge on any atom is 0.345 e. The van der Waals surface area contributed by atoms with Gasteiger partial charge in [-0.1, -0.05) is 6.07 Å². The molecule has 0 aromatic carbocycles. The fourth-order valence-corrected chi connectivity index (χ4v) is 3.96. The Hall–Kier alpha value is -1.68. The van der Waals surface area contributed by atoms with Crippen LogP contribution in [0.3, 0.4) is 0 Å². The van der Waals surface area contributed by atoms with Gasteiger partial charge in [-0.2, -0.15) is 0 Å². The Morgan fingerprint density at radius 2 is 2.37 bits per heavy atom. The van der Waals surface area contributed by atoms with Crippen molar-refractivity contribution >= 4 is 17.3 Å². The average molecular weight is 273 g/mol. The highest BCUT2D eigenvalue weighted by Crippen LogP contribution is 2.40. The fourth-order valence-electron chi connectivity index (χ4n) is 2.81. The first-order valence-corrected chi connectivity index (χ1v) is 7.26. The van der Waals surface area contributed by atoms with Gasteiger partial charge in [0.25, 0.3) is 0 Å². The summed E-state index contributed by atoms with van der Waals surface area (Å²) in [7, 11) is 0. The lowest BCUT2D eigenvalue weighted by atomic mass is 9.85. The number of carboxylic acids is 1. The molecule has 3 rings (SSSR count). The molecule has 2 heterocycles. The predicted octanol–water partition coefficient (Wildman–Crippen LogP) is 3.62. The maximum absolute atomic E-state index is 11.1. The molecular weight excluding hydrogens is 258 g/mol. The average Bonchev–Trinajstić information content (AvgIpc) is 2.80. The van der Waals surface area contributed by atoms with Gasteiger partial charge in [-0.05, 0) is 49.4 Å². The SMILES string of the molecule is Cc1cc(C(=O)O)sc1C1CCCc2cccnc21. The second-order valence-corrected chi connectivity index (χ2v) is 6.04. The van der Waals surface area contributed by atoms with Crippen LogP contribution in [0.15, 0.2) is 24.4 Å². The van der Waals surface area contributed by atoms with Crippen molar-refractivity contribution in [3.63, 3.8) is 0 Å². The Balaban J connectivity index is 2.06. The van der Waals surface area contributed by atoms with Crippen LogP contribution in [-0.4, -0.2) is 16.1 Å². The number of carboxylic acid groups (broad SMARTS) is 1. The van der Waals surface area contributed by atoms with Crippen LogP contribution in [0.1, 0.15) is 50.1 Å². The van der Waals surface area contributed by atoms with Crippen LogP contribution in [0.2, 0.25) is 0 Å². The number of nitrogens with zero attached hydrogens (tertiary/aromatic N) is 1. The molecule has 0 bridgehead atoms. The van der Waals surface area contributed by atoms with E-state index in [-0.39, 0.29) is 5.92 Å². The molecule has 1 unspecified atom stereocenters. The van der Waals surface area contributed by atoms with Crippen molar-refractivity contribution < 1.29 is 9.90 Å². The highest BCUT2D eigenvalue weighted by Gasteiger charge is 2.26. The molecule has 1 aliphatic rings. The van der Waals surface area contributed by atoms with Crippen molar-refractivity contribution in [2.75, 3.05) is 0 Å². The lowest BCUT2D eigenvalue weighted by molar-refractivity contribution is 0.0702. The predicted molar refractivity (Wildman–Crippen MR) is 75.0 cm³/mol. The van der Waals surface area contributed by atoms with Gasteiger partial charge < -0.3 is 5.11 Å². The number of hydrogen-bond donors (Lipinski definition) is 1. The Morgan fingerprint density at radius 1 is 1.53 bits per heavy atom. The van der Waals surface area contributed by atoms with Gasteiger partial charge >= 0.3 is 5.97 Å². The normalized spacial score (nSPS) is 18.1. The van der Waals surface area contributed by atoms with Crippen LogP contribution in [0.4, 0.5) is 0 Å². The van der Waals surface area contributed by atoms with E-state index in [1.807, 2.05) is 19.2 Å². The maximum atomic E-state index is 11.1. The molecule has 2 aromatic rings. The van der Waals surface area contributed by atoms with Crippen molar-refractivity contribution in [1.29, 1.82) is 0 Å². The van der Waals surface area contributed by atoms with Crippen molar-refractivity contribution in [3.05, 3.63) is 51.0 Å². The van der Waals surface area contributed by atoms with E-state index in [9.17, 15) is 4.79 Å². The molecule has 0 saturated heterocycles. The summed E-state index contributed by atoms with van der Waals surface area (Å²) < 4.78 is 0. The molecule has 98 valence electrons.